The molecule has 0 aromatic carbocycles. The molecular weight excluding hydrogens is 134 g/mol. The molecule has 0 aliphatic heterocycles. The van der Waals surface area contributed by atoms with Crippen LogP contribution in [0.15, 0.2) is 0 Å². The van der Waals surface area contributed by atoms with Crippen molar-refractivity contribution in [2.45, 2.75) is 0 Å². The Balaban J connectivity index is 3.68. The summed E-state index contributed by atoms with van der Waals surface area (Å²) in [6.07, 6.45) is 0. The fraction of sp³-hybridized carbons (Fsp3) is 0.833. The highest BCUT2D eigenvalue weighted by atomic mass is 16.3. The smallest absolute Gasteiger partial charge is 0.164 e. The van der Waals surface area contributed by atoms with Gasteiger partial charge in [0.05, 0.1) is 12.5 Å². The van der Waals surface area contributed by atoms with E-state index in [1.54, 1.807) is 7.05 Å². The molecule has 0 aromatic rings. The van der Waals surface area contributed by atoms with Gasteiger partial charge in [-0.2, -0.15) is 0 Å². The maximum atomic E-state index is 10.7. The summed E-state index contributed by atoms with van der Waals surface area (Å²) in [6.45, 7) is -0.289. The predicted molar refractivity (Wildman–Crippen MR) is 36.6 cm³/mol. The number of Topliss-reactive ketones (excluding diaryl/α,β-unsaturated/α-hetero) is 1. The molecule has 0 aromatic heterocycles. The molecule has 0 saturated carbocycles. The van der Waals surface area contributed by atoms with E-state index in [2.05, 4.69) is 5.32 Å². The second kappa shape index (κ2) is 5.34. The SMILES string of the molecule is CNCC(CO)C(=O)CO. The Kier molecular flexibility index (Phi) is 5.10. The van der Waals surface area contributed by atoms with Crippen molar-refractivity contribution in [1.29, 1.82) is 0 Å². The Labute approximate surface area is 59.9 Å². The summed E-state index contributed by atoms with van der Waals surface area (Å²) in [7, 11) is 1.69. The van der Waals surface area contributed by atoms with Crippen molar-refractivity contribution in [2.75, 3.05) is 26.8 Å². The van der Waals surface area contributed by atoms with Crippen molar-refractivity contribution < 1.29 is 15.0 Å². The Morgan fingerprint density at radius 2 is 2.20 bits per heavy atom. The largest absolute Gasteiger partial charge is 0.396 e. The van der Waals surface area contributed by atoms with E-state index in [0.29, 0.717) is 6.54 Å². The molecule has 1 atom stereocenters. The quantitative estimate of drug-likeness (QED) is 0.437. The minimum Gasteiger partial charge on any atom is -0.396 e. The van der Waals surface area contributed by atoms with E-state index in [4.69, 9.17) is 10.2 Å². The van der Waals surface area contributed by atoms with Crippen molar-refractivity contribution in [3.63, 3.8) is 0 Å². The highest BCUT2D eigenvalue weighted by Gasteiger charge is 2.14. The number of hydrogen-bond acceptors (Lipinski definition) is 4. The number of aliphatic hydroxyl groups excluding tert-OH is 2. The van der Waals surface area contributed by atoms with Crippen molar-refractivity contribution in [3.8, 4) is 0 Å². The Hall–Kier alpha value is -0.450. The summed E-state index contributed by atoms with van der Waals surface area (Å²) >= 11 is 0. The predicted octanol–water partition coefficient (Wildman–Crippen LogP) is -1.62. The van der Waals surface area contributed by atoms with Gasteiger partial charge in [-0.25, -0.2) is 0 Å². The van der Waals surface area contributed by atoms with E-state index < -0.39 is 12.5 Å². The Morgan fingerprint density at radius 1 is 1.60 bits per heavy atom. The lowest BCUT2D eigenvalue weighted by Crippen LogP contribution is -2.30. The third-order valence-corrected chi connectivity index (χ3v) is 1.28. The summed E-state index contributed by atoms with van der Waals surface area (Å²) < 4.78 is 0. The second-order valence-corrected chi connectivity index (χ2v) is 2.06. The number of carbonyl (C=O) groups excluding carboxylic acids is 1. The molecule has 0 aliphatic carbocycles. The topological polar surface area (TPSA) is 69.6 Å². The summed E-state index contributed by atoms with van der Waals surface area (Å²) in [5.74, 6) is -0.785. The summed E-state index contributed by atoms with van der Waals surface area (Å²) in [6, 6.07) is 0. The van der Waals surface area contributed by atoms with Gasteiger partial charge in [-0.1, -0.05) is 0 Å². The van der Waals surface area contributed by atoms with Crippen LogP contribution >= 0.6 is 0 Å². The molecule has 0 fully saturated rings. The zero-order chi connectivity index (χ0) is 7.98. The third-order valence-electron chi connectivity index (χ3n) is 1.28. The normalized spacial score (nSPS) is 13.1. The van der Waals surface area contributed by atoms with Gasteiger partial charge in [0.1, 0.15) is 6.61 Å². The van der Waals surface area contributed by atoms with E-state index in [-0.39, 0.29) is 12.4 Å². The van der Waals surface area contributed by atoms with E-state index in [0.717, 1.165) is 0 Å². The van der Waals surface area contributed by atoms with E-state index in [9.17, 15) is 4.79 Å². The molecule has 0 heterocycles. The lowest BCUT2D eigenvalue weighted by molar-refractivity contribution is -0.126. The van der Waals surface area contributed by atoms with Crippen molar-refractivity contribution >= 4 is 5.78 Å². The summed E-state index contributed by atoms with van der Waals surface area (Å²) in [5.41, 5.74) is 0. The van der Waals surface area contributed by atoms with Gasteiger partial charge < -0.3 is 15.5 Å². The van der Waals surface area contributed by atoms with Crippen LogP contribution in [0.2, 0.25) is 0 Å². The van der Waals surface area contributed by atoms with Crippen molar-refractivity contribution in [1.82, 2.24) is 5.32 Å². The first-order valence-corrected chi connectivity index (χ1v) is 3.15. The van der Waals surface area contributed by atoms with Crippen LogP contribution in [0.3, 0.4) is 0 Å². The van der Waals surface area contributed by atoms with Crippen LogP contribution in [0.1, 0.15) is 0 Å². The van der Waals surface area contributed by atoms with Gasteiger partial charge in [0.2, 0.25) is 0 Å². The average Bonchev–Trinajstić information content (AvgIpc) is 1.99. The van der Waals surface area contributed by atoms with Crippen LogP contribution in [0.25, 0.3) is 0 Å². The van der Waals surface area contributed by atoms with E-state index in [1.165, 1.54) is 0 Å². The standard InChI is InChI=1S/C6H13NO3/c1-7-2-5(3-8)6(10)4-9/h5,7-9H,2-4H2,1H3. The van der Waals surface area contributed by atoms with E-state index >= 15 is 0 Å². The molecule has 10 heavy (non-hydrogen) atoms. The molecule has 0 saturated heterocycles. The van der Waals surface area contributed by atoms with Gasteiger partial charge in [-0.15, -0.1) is 0 Å². The van der Waals surface area contributed by atoms with Crippen LogP contribution in [-0.4, -0.2) is 42.8 Å². The monoisotopic (exact) mass is 147 g/mol. The zero-order valence-corrected chi connectivity index (χ0v) is 6.00. The first-order valence-electron chi connectivity index (χ1n) is 3.15. The fourth-order valence-electron chi connectivity index (χ4n) is 0.656. The van der Waals surface area contributed by atoms with Gasteiger partial charge in [-0.3, -0.25) is 4.79 Å². The zero-order valence-electron chi connectivity index (χ0n) is 6.00. The minimum atomic E-state index is -0.493. The average molecular weight is 147 g/mol. The second-order valence-electron chi connectivity index (χ2n) is 2.06. The molecule has 0 bridgehead atoms. The van der Waals surface area contributed by atoms with Gasteiger partial charge in [0.15, 0.2) is 5.78 Å². The Morgan fingerprint density at radius 3 is 2.50 bits per heavy atom. The molecule has 0 amide bonds. The van der Waals surface area contributed by atoms with Gasteiger partial charge in [0, 0.05) is 6.54 Å². The lowest BCUT2D eigenvalue weighted by atomic mass is 10.1. The first-order chi connectivity index (χ1) is 4.76. The van der Waals surface area contributed by atoms with Crippen molar-refractivity contribution in [3.05, 3.63) is 0 Å². The lowest BCUT2D eigenvalue weighted by Gasteiger charge is -2.09. The number of hydrogen-bond donors (Lipinski definition) is 3. The molecule has 0 spiro atoms. The number of ketones is 1. The van der Waals surface area contributed by atoms with Crippen LogP contribution < -0.4 is 5.32 Å². The molecule has 60 valence electrons. The maximum Gasteiger partial charge on any atom is 0.164 e. The third kappa shape index (κ3) is 2.91. The summed E-state index contributed by atoms with van der Waals surface area (Å²) in [5, 5.41) is 19.7. The minimum absolute atomic E-state index is 0.208. The van der Waals surface area contributed by atoms with Gasteiger partial charge >= 0.3 is 0 Å². The molecular formula is C6H13NO3. The first kappa shape index (κ1) is 9.55. The number of aliphatic hydroxyl groups is 2. The molecule has 1 unspecified atom stereocenters. The molecule has 4 heteroatoms. The molecule has 0 rings (SSSR count). The van der Waals surface area contributed by atoms with Crippen LogP contribution in [-0.2, 0) is 4.79 Å². The summed E-state index contributed by atoms with van der Waals surface area (Å²) in [4.78, 5) is 10.7. The highest BCUT2D eigenvalue weighted by molar-refractivity contribution is 5.82. The van der Waals surface area contributed by atoms with Crippen LogP contribution in [0, 0.1) is 5.92 Å². The van der Waals surface area contributed by atoms with Crippen LogP contribution in [0.5, 0.6) is 0 Å². The molecule has 0 radical (unpaired) electrons. The van der Waals surface area contributed by atoms with E-state index in [1.807, 2.05) is 0 Å². The highest BCUT2D eigenvalue weighted by Crippen LogP contribution is 1.93. The molecule has 3 N–H and O–H groups in total. The van der Waals surface area contributed by atoms with Gasteiger partial charge in [0.25, 0.3) is 0 Å². The fourth-order valence-corrected chi connectivity index (χ4v) is 0.656. The maximum absolute atomic E-state index is 10.7. The molecule has 0 aliphatic rings. The molecule has 4 nitrogen and oxygen atoms in total. The van der Waals surface area contributed by atoms with Gasteiger partial charge in [-0.05, 0) is 7.05 Å². The number of carbonyl (C=O) groups is 1. The van der Waals surface area contributed by atoms with Crippen LogP contribution in [0.4, 0.5) is 0 Å². The van der Waals surface area contributed by atoms with Crippen molar-refractivity contribution in [2.24, 2.45) is 5.92 Å². The number of nitrogens with one attached hydrogen (secondary N) is 1. The number of rotatable bonds is 5. The Bertz CT molecular complexity index is 105.